The number of rotatable bonds is 6. The van der Waals surface area contributed by atoms with Crippen molar-refractivity contribution in [3.63, 3.8) is 0 Å². The van der Waals surface area contributed by atoms with Crippen molar-refractivity contribution in [3.05, 3.63) is 35.4 Å². The summed E-state index contributed by atoms with van der Waals surface area (Å²) in [7, 11) is 0. The van der Waals surface area contributed by atoms with Crippen molar-refractivity contribution in [2.45, 2.75) is 44.7 Å². The number of carboxylic acids is 1. The number of aliphatic hydroxyl groups is 1. The first-order valence-corrected chi connectivity index (χ1v) is 7.29. The van der Waals surface area contributed by atoms with Crippen molar-refractivity contribution >= 4 is 5.97 Å². The molecule has 1 unspecified atom stereocenters. The van der Waals surface area contributed by atoms with Crippen LogP contribution < -0.4 is 0 Å². The van der Waals surface area contributed by atoms with Crippen LogP contribution in [0.1, 0.15) is 48.5 Å². The molecule has 1 aromatic rings. The summed E-state index contributed by atoms with van der Waals surface area (Å²) in [5.74, 6) is -0.895. The van der Waals surface area contributed by atoms with Gasteiger partial charge in [0, 0.05) is 12.1 Å². The molecule has 0 saturated carbocycles. The highest BCUT2D eigenvalue weighted by molar-refractivity contribution is 5.87. The Morgan fingerprint density at radius 3 is 2.60 bits per heavy atom. The van der Waals surface area contributed by atoms with Crippen LogP contribution >= 0.6 is 0 Å². The second-order valence-electron chi connectivity index (χ2n) is 5.66. The molecule has 0 aromatic heterocycles. The number of carbonyl (C=O) groups is 1. The Hall–Kier alpha value is -1.39. The quantitative estimate of drug-likeness (QED) is 0.838. The Bertz CT molecular complexity index is 457. The van der Waals surface area contributed by atoms with Crippen molar-refractivity contribution in [1.82, 2.24) is 4.90 Å². The van der Waals surface area contributed by atoms with E-state index in [2.05, 4.69) is 11.8 Å². The Morgan fingerprint density at radius 2 is 2.05 bits per heavy atom. The Kier molecular flexibility index (Phi) is 4.78. The summed E-state index contributed by atoms with van der Waals surface area (Å²) < 4.78 is 0. The van der Waals surface area contributed by atoms with Gasteiger partial charge in [-0.1, -0.05) is 25.5 Å². The standard InChI is InChI=1S/C16H23NO3/c1-2-8-16(12-18)9-3-10-17(16)11-13-4-6-14(7-5-13)15(19)20/h4-7,18H,2-3,8-12H2,1H3,(H,19,20). The molecule has 2 N–H and O–H groups in total. The summed E-state index contributed by atoms with van der Waals surface area (Å²) >= 11 is 0. The fraction of sp³-hybridized carbons (Fsp3) is 0.562. The van der Waals surface area contributed by atoms with Crippen LogP contribution in [0.5, 0.6) is 0 Å². The molecule has 4 nitrogen and oxygen atoms in total. The summed E-state index contributed by atoms with van der Waals surface area (Å²) in [6, 6.07) is 7.04. The van der Waals surface area contributed by atoms with Gasteiger partial charge in [-0.25, -0.2) is 4.79 Å². The number of hydrogen-bond acceptors (Lipinski definition) is 3. The van der Waals surface area contributed by atoms with E-state index >= 15 is 0 Å². The average Bonchev–Trinajstić information content (AvgIpc) is 2.83. The molecular weight excluding hydrogens is 254 g/mol. The van der Waals surface area contributed by atoms with E-state index in [1.165, 1.54) is 0 Å². The van der Waals surface area contributed by atoms with Gasteiger partial charge < -0.3 is 10.2 Å². The largest absolute Gasteiger partial charge is 0.478 e. The van der Waals surface area contributed by atoms with Crippen LogP contribution in [0.15, 0.2) is 24.3 Å². The van der Waals surface area contributed by atoms with Gasteiger partial charge in [0.15, 0.2) is 0 Å². The molecule has 1 aliphatic heterocycles. The first-order chi connectivity index (χ1) is 9.61. The van der Waals surface area contributed by atoms with Crippen molar-refractivity contribution in [3.8, 4) is 0 Å². The van der Waals surface area contributed by atoms with Crippen LogP contribution in [0.2, 0.25) is 0 Å². The molecule has 1 aliphatic rings. The number of nitrogens with zero attached hydrogens (tertiary/aromatic N) is 1. The zero-order chi connectivity index (χ0) is 14.6. The first-order valence-electron chi connectivity index (χ1n) is 7.29. The Labute approximate surface area is 120 Å². The fourth-order valence-corrected chi connectivity index (χ4v) is 3.22. The highest BCUT2D eigenvalue weighted by atomic mass is 16.4. The Morgan fingerprint density at radius 1 is 1.35 bits per heavy atom. The molecule has 0 radical (unpaired) electrons. The van der Waals surface area contributed by atoms with Crippen LogP contribution in [0, 0.1) is 0 Å². The first kappa shape index (κ1) is 15.0. The van der Waals surface area contributed by atoms with Crippen molar-refractivity contribution in [1.29, 1.82) is 0 Å². The minimum Gasteiger partial charge on any atom is -0.478 e. The second kappa shape index (κ2) is 6.37. The highest BCUT2D eigenvalue weighted by Gasteiger charge is 2.39. The third-order valence-electron chi connectivity index (χ3n) is 4.32. The van der Waals surface area contributed by atoms with Crippen LogP contribution in [0.25, 0.3) is 0 Å². The Balaban J connectivity index is 2.10. The van der Waals surface area contributed by atoms with Gasteiger partial charge in [-0.15, -0.1) is 0 Å². The molecule has 0 bridgehead atoms. The van der Waals surface area contributed by atoms with Crippen LogP contribution in [-0.2, 0) is 6.54 Å². The van der Waals surface area contributed by atoms with E-state index in [1.54, 1.807) is 12.1 Å². The number of carboxylic acid groups (broad SMARTS) is 1. The normalized spacial score (nSPS) is 23.1. The molecule has 4 heteroatoms. The number of hydrogen-bond donors (Lipinski definition) is 2. The number of aromatic carboxylic acids is 1. The minimum absolute atomic E-state index is 0.0831. The van der Waals surface area contributed by atoms with Crippen LogP contribution in [0.3, 0.4) is 0 Å². The van der Waals surface area contributed by atoms with E-state index < -0.39 is 5.97 Å². The van der Waals surface area contributed by atoms with Crippen molar-refractivity contribution < 1.29 is 15.0 Å². The number of aliphatic hydroxyl groups excluding tert-OH is 1. The molecule has 1 fully saturated rings. The molecule has 1 heterocycles. The average molecular weight is 277 g/mol. The molecular formula is C16H23NO3. The maximum Gasteiger partial charge on any atom is 0.335 e. The predicted octanol–water partition coefficient (Wildman–Crippen LogP) is 2.51. The van der Waals surface area contributed by atoms with Crippen LogP contribution in [-0.4, -0.2) is 39.8 Å². The third kappa shape index (κ3) is 3.02. The maximum atomic E-state index is 10.8. The molecule has 20 heavy (non-hydrogen) atoms. The molecule has 0 spiro atoms. The molecule has 0 amide bonds. The second-order valence-corrected chi connectivity index (χ2v) is 5.66. The lowest BCUT2D eigenvalue weighted by Crippen LogP contribution is -2.46. The zero-order valence-corrected chi connectivity index (χ0v) is 12.0. The van der Waals surface area contributed by atoms with Crippen LogP contribution in [0.4, 0.5) is 0 Å². The molecule has 1 atom stereocenters. The van der Waals surface area contributed by atoms with E-state index in [1.807, 2.05) is 12.1 Å². The number of likely N-dealkylation sites (tertiary alicyclic amines) is 1. The van der Waals surface area contributed by atoms with Gasteiger partial charge in [0.2, 0.25) is 0 Å². The van der Waals surface area contributed by atoms with E-state index in [-0.39, 0.29) is 12.1 Å². The highest BCUT2D eigenvalue weighted by Crippen LogP contribution is 2.34. The van der Waals surface area contributed by atoms with Crippen molar-refractivity contribution in [2.24, 2.45) is 0 Å². The monoisotopic (exact) mass is 277 g/mol. The van der Waals surface area contributed by atoms with Gasteiger partial charge in [-0.3, -0.25) is 4.90 Å². The molecule has 110 valence electrons. The van der Waals surface area contributed by atoms with E-state index in [4.69, 9.17) is 5.11 Å². The summed E-state index contributed by atoms with van der Waals surface area (Å²) in [5.41, 5.74) is 1.34. The van der Waals surface area contributed by atoms with Gasteiger partial charge in [0.05, 0.1) is 12.2 Å². The molecule has 1 saturated heterocycles. The van der Waals surface area contributed by atoms with Gasteiger partial charge in [-0.05, 0) is 43.5 Å². The van der Waals surface area contributed by atoms with E-state index in [9.17, 15) is 9.90 Å². The summed E-state index contributed by atoms with van der Waals surface area (Å²) in [4.78, 5) is 13.2. The lowest BCUT2D eigenvalue weighted by molar-refractivity contribution is 0.0502. The molecule has 2 rings (SSSR count). The van der Waals surface area contributed by atoms with Gasteiger partial charge in [-0.2, -0.15) is 0 Å². The summed E-state index contributed by atoms with van der Waals surface area (Å²) in [6.07, 6.45) is 4.24. The topological polar surface area (TPSA) is 60.8 Å². The van der Waals surface area contributed by atoms with E-state index in [0.29, 0.717) is 5.56 Å². The van der Waals surface area contributed by atoms with Gasteiger partial charge in [0.25, 0.3) is 0 Å². The lowest BCUT2D eigenvalue weighted by atomic mass is 9.91. The lowest BCUT2D eigenvalue weighted by Gasteiger charge is -2.37. The van der Waals surface area contributed by atoms with Gasteiger partial charge in [0.1, 0.15) is 0 Å². The summed E-state index contributed by atoms with van der Waals surface area (Å²) in [5, 5.41) is 18.7. The predicted molar refractivity (Wildman–Crippen MR) is 77.8 cm³/mol. The molecule has 1 aromatic carbocycles. The summed E-state index contributed by atoms with van der Waals surface area (Å²) in [6.45, 7) is 4.13. The number of benzene rings is 1. The van der Waals surface area contributed by atoms with E-state index in [0.717, 1.165) is 44.3 Å². The minimum atomic E-state index is -0.895. The molecule has 0 aliphatic carbocycles. The fourth-order valence-electron chi connectivity index (χ4n) is 3.22. The maximum absolute atomic E-state index is 10.8. The third-order valence-corrected chi connectivity index (χ3v) is 4.32. The SMILES string of the molecule is CCCC1(CO)CCCN1Cc1ccc(C(=O)O)cc1. The smallest absolute Gasteiger partial charge is 0.335 e. The zero-order valence-electron chi connectivity index (χ0n) is 12.0. The van der Waals surface area contributed by atoms with Gasteiger partial charge >= 0.3 is 5.97 Å². The van der Waals surface area contributed by atoms with Crippen molar-refractivity contribution in [2.75, 3.05) is 13.2 Å².